The molecule has 1 aromatic heterocycles. The maximum atomic E-state index is 13.4. The first-order valence-electron chi connectivity index (χ1n) is 6.80. The second kappa shape index (κ2) is 6.09. The highest BCUT2D eigenvalue weighted by Gasteiger charge is 2.15. The van der Waals surface area contributed by atoms with Crippen molar-refractivity contribution in [3.8, 4) is 0 Å². The van der Waals surface area contributed by atoms with Crippen LogP contribution < -0.4 is 5.32 Å². The van der Waals surface area contributed by atoms with Gasteiger partial charge in [-0.15, -0.1) is 0 Å². The van der Waals surface area contributed by atoms with E-state index in [0.29, 0.717) is 17.2 Å². The van der Waals surface area contributed by atoms with Gasteiger partial charge in [0.15, 0.2) is 6.29 Å². The van der Waals surface area contributed by atoms with Gasteiger partial charge in [-0.25, -0.2) is 9.78 Å². The molecule has 0 radical (unpaired) electrons. The summed E-state index contributed by atoms with van der Waals surface area (Å²) in [5, 5.41) is 3.27. The number of halogens is 1. The van der Waals surface area contributed by atoms with Crippen LogP contribution >= 0.6 is 0 Å². The van der Waals surface area contributed by atoms with Crippen LogP contribution in [-0.2, 0) is 11.3 Å². The molecular weight excluding hydrogens is 287 g/mol. The van der Waals surface area contributed by atoms with E-state index in [1.807, 2.05) is 0 Å². The fourth-order valence-corrected chi connectivity index (χ4v) is 1.90. The van der Waals surface area contributed by atoms with E-state index in [2.05, 4.69) is 10.3 Å². The number of rotatable bonds is 3. The maximum absolute atomic E-state index is 13.4. The average molecular weight is 304 g/mol. The molecule has 0 aliphatic heterocycles. The lowest BCUT2D eigenvalue weighted by molar-refractivity contribution is 0.0523. The number of aromatic nitrogens is 1. The normalized spacial score (nSPS) is 11.3. The predicted octanol–water partition coefficient (Wildman–Crippen LogP) is 3.21. The topological polar surface area (TPSA) is 68.3 Å². The van der Waals surface area contributed by atoms with Gasteiger partial charge in [-0.1, -0.05) is 6.07 Å². The second-order valence-electron chi connectivity index (χ2n) is 5.87. The summed E-state index contributed by atoms with van der Waals surface area (Å²) in [6.45, 7) is 5.61. The Labute approximate surface area is 127 Å². The number of fused-ring (bicyclic) bond motifs is 1. The minimum Gasteiger partial charge on any atom is -0.444 e. The number of amides is 1. The SMILES string of the molecule is CC(C)(C)OC(=O)NCc1ccc2nc(F)c(C=O)cc2c1. The standard InChI is InChI=1S/C16H17FN2O3/c1-16(2,3)22-15(21)18-8-10-4-5-13-11(6-10)7-12(9-20)14(17)19-13/h4-7,9H,8H2,1-3H3,(H,18,21). The molecule has 2 aromatic rings. The minimum absolute atomic E-state index is 0.0928. The van der Waals surface area contributed by atoms with Gasteiger partial charge in [-0.2, -0.15) is 4.39 Å². The third-order valence-corrected chi connectivity index (χ3v) is 2.82. The van der Waals surface area contributed by atoms with E-state index in [9.17, 15) is 14.0 Å². The zero-order valence-electron chi connectivity index (χ0n) is 12.6. The number of nitrogens with one attached hydrogen (secondary N) is 1. The second-order valence-corrected chi connectivity index (χ2v) is 5.87. The molecule has 0 spiro atoms. The molecule has 2 rings (SSSR count). The van der Waals surface area contributed by atoms with Crippen LogP contribution in [0.2, 0.25) is 0 Å². The highest BCUT2D eigenvalue weighted by molar-refractivity contribution is 5.86. The van der Waals surface area contributed by atoms with Crippen molar-refractivity contribution in [2.75, 3.05) is 0 Å². The van der Waals surface area contributed by atoms with E-state index in [0.717, 1.165) is 5.56 Å². The van der Waals surface area contributed by atoms with Gasteiger partial charge in [0.05, 0.1) is 11.1 Å². The zero-order valence-corrected chi connectivity index (χ0v) is 12.6. The van der Waals surface area contributed by atoms with Crippen LogP contribution in [0.4, 0.5) is 9.18 Å². The lowest BCUT2D eigenvalue weighted by Gasteiger charge is -2.19. The summed E-state index contributed by atoms with van der Waals surface area (Å²) in [5.74, 6) is -0.790. The molecule has 0 atom stereocenters. The molecular formula is C16H17FN2O3. The van der Waals surface area contributed by atoms with Crippen molar-refractivity contribution in [1.29, 1.82) is 0 Å². The van der Waals surface area contributed by atoms with E-state index < -0.39 is 17.6 Å². The summed E-state index contributed by atoms with van der Waals surface area (Å²) in [6.07, 6.45) is -0.0914. The van der Waals surface area contributed by atoms with E-state index in [1.165, 1.54) is 6.07 Å². The van der Waals surface area contributed by atoms with Gasteiger partial charge in [0.25, 0.3) is 0 Å². The van der Waals surface area contributed by atoms with E-state index in [-0.39, 0.29) is 12.1 Å². The number of hydrogen-bond acceptors (Lipinski definition) is 4. The van der Waals surface area contributed by atoms with E-state index in [4.69, 9.17) is 4.74 Å². The van der Waals surface area contributed by atoms with Gasteiger partial charge in [0, 0.05) is 11.9 Å². The lowest BCUT2D eigenvalue weighted by atomic mass is 10.1. The average Bonchev–Trinajstić information content (AvgIpc) is 2.42. The first-order valence-corrected chi connectivity index (χ1v) is 6.80. The van der Waals surface area contributed by atoms with Gasteiger partial charge >= 0.3 is 6.09 Å². The Kier molecular flexibility index (Phi) is 4.40. The lowest BCUT2D eigenvalue weighted by Crippen LogP contribution is -2.32. The Morgan fingerprint density at radius 1 is 1.36 bits per heavy atom. The van der Waals surface area contributed by atoms with Crippen molar-refractivity contribution in [2.45, 2.75) is 32.9 Å². The Bertz CT molecular complexity index is 723. The molecule has 5 nitrogen and oxygen atoms in total. The first-order chi connectivity index (χ1) is 10.3. The molecule has 0 unspecified atom stereocenters. The summed E-state index contributed by atoms with van der Waals surface area (Å²) < 4.78 is 18.6. The summed E-state index contributed by atoms with van der Waals surface area (Å²) in [5.41, 5.74) is 0.589. The van der Waals surface area contributed by atoms with E-state index >= 15 is 0 Å². The van der Waals surface area contributed by atoms with Crippen molar-refractivity contribution >= 4 is 23.3 Å². The summed E-state index contributed by atoms with van der Waals surface area (Å²) in [6, 6.07) is 6.54. The number of carbonyl (C=O) groups is 2. The minimum atomic E-state index is -0.790. The Balaban J connectivity index is 2.14. The number of nitrogens with zero attached hydrogens (tertiary/aromatic N) is 1. The smallest absolute Gasteiger partial charge is 0.407 e. The molecule has 1 N–H and O–H groups in total. The number of alkyl carbamates (subject to hydrolysis) is 1. The van der Waals surface area contributed by atoms with Crippen LogP contribution in [-0.4, -0.2) is 23.0 Å². The van der Waals surface area contributed by atoms with Crippen LogP contribution in [0.15, 0.2) is 24.3 Å². The van der Waals surface area contributed by atoms with Gasteiger partial charge in [0.2, 0.25) is 5.95 Å². The predicted molar refractivity (Wildman–Crippen MR) is 80.2 cm³/mol. The molecule has 116 valence electrons. The molecule has 1 heterocycles. The number of ether oxygens (including phenoxy) is 1. The summed E-state index contributed by atoms with van der Waals surface area (Å²) in [4.78, 5) is 26.1. The summed E-state index contributed by atoms with van der Waals surface area (Å²) >= 11 is 0. The molecule has 1 amide bonds. The molecule has 0 bridgehead atoms. The molecule has 0 fully saturated rings. The fourth-order valence-electron chi connectivity index (χ4n) is 1.90. The van der Waals surface area contributed by atoms with Crippen LogP contribution in [0.25, 0.3) is 10.9 Å². The van der Waals surface area contributed by atoms with Crippen molar-refractivity contribution < 1.29 is 18.7 Å². The number of aldehydes is 1. The molecule has 0 aliphatic rings. The van der Waals surface area contributed by atoms with Gasteiger partial charge in [-0.3, -0.25) is 4.79 Å². The Hall–Kier alpha value is -2.50. The van der Waals surface area contributed by atoms with Crippen molar-refractivity contribution in [3.63, 3.8) is 0 Å². The third kappa shape index (κ3) is 4.00. The number of benzene rings is 1. The molecule has 0 saturated carbocycles. The number of pyridine rings is 1. The molecule has 6 heteroatoms. The first kappa shape index (κ1) is 15.9. The fraction of sp³-hybridized carbons (Fsp3) is 0.312. The van der Waals surface area contributed by atoms with E-state index in [1.54, 1.807) is 39.0 Å². The summed E-state index contributed by atoms with van der Waals surface area (Å²) in [7, 11) is 0. The van der Waals surface area contributed by atoms with Crippen LogP contribution in [0.1, 0.15) is 36.7 Å². The monoisotopic (exact) mass is 304 g/mol. The number of carbonyl (C=O) groups excluding carboxylic acids is 2. The van der Waals surface area contributed by atoms with Crippen molar-refractivity contribution in [3.05, 3.63) is 41.3 Å². The van der Waals surface area contributed by atoms with Crippen molar-refractivity contribution in [2.24, 2.45) is 0 Å². The van der Waals surface area contributed by atoms with Crippen LogP contribution in [0, 0.1) is 5.95 Å². The van der Waals surface area contributed by atoms with Gasteiger partial charge in [-0.05, 0) is 44.5 Å². The van der Waals surface area contributed by atoms with Crippen LogP contribution in [0.5, 0.6) is 0 Å². The maximum Gasteiger partial charge on any atom is 0.407 e. The Morgan fingerprint density at radius 2 is 2.09 bits per heavy atom. The molecule has 22 heavy (non-hydrogen) atoms. The quantitative estimate of drug-likeness (QED) is 0.698. The molecule has 0 saturated heterocycles. The van der Waals surface area contributed by atoms with Crippen LogP contribution in [0.3, 0.4) is 0 Å². The Morgan fingerprint density at radius 3 is 2.73 bits per heavy atom. The highest BCUT2D eigenvalue weighted by atomic mass is 19.1. The number of hydrogen-bond donors (Lipinski definition) is 1. The largest absolute Gasteiger partial charge is 0.444 e. The third-order valence-electron chi connectivity index (χ3n) is 2.82. The van der Waals surface area contributed by atoms with Gasteiger partial charge < -0.3 is 10.1 Å². The highest BCUT2D eigenvalue weighted by Crippen LogP contribution is 2.17. The molecule has 1 aromatic carbocycles. The van der Waals surface area contributed by atoms with Gasteiger partial charge in [0.1, 0.15) is 5.60 Å². The molecule has 0 aliphatic carbocycles. The van der Waals surface area contributed by atoms with Crippen molar-refractivity contribution in [1.82, 2.24) is 10.3 Å². The zero-order chi connectivity index (χ0) is 16.3.